The van der Waals surface area contributed by atoms with Gasteiger partial charge < -0.3 is 4.74 Å². The van der Waals surface area contributed by atoms with Gasteiger partial charge in [-0.25, -0.2) is 9.10 Å². The van der Waals surface area contributed by atoms with Crippen LogP contribution in [0, 0.1) is 0 Å². The maximum Gasteiger partial charge on any atom is 0.420 e. The fourth-order valence-electron chi connectivity index (χ4n) is 1.33. The number of amides is 1. The van der Waals surface area contributed by atoms with Gasteiger partial charge in [-0.2, -0.15) is 0 Å². The van der Waals surface area contributed by atoms with Crippen LogP contribution < -0.4 is 0 Å². The van der Waals surface area contributed by atoms with Gasteiger partial charge in [-0.3, -0.25) is 0 Å². The zero-order chi connectivity index (χ0) is 9.97. The number of carbonyl (C=O) groups is 1. The molecule has 0 N–H and O–H groups in total. The molecule has 1 aliphatic rings. The minimum atomic E-state index is -0.256. The van der Waals surface area contributed by atoms with Crippen molar-refractivity contribution in [1.82, 2.24) is 4.31 Å². The summed E-state index contributed by atoms with van der Waals surface area (Å²) in [5.41, 5.74) is 1.19. The number of carbonyl (C=O) groups excluding carboxylic acids is 1. The molecule has 4 heteroatoms. The van der Waals surface area contributed by atoms with E-state index in [0.717, 1.165) is 4.90 Å². The third kappa shape index (κ3) is 1.70. The van der Waals surface area contributed by atoms with Crippen molar-refractivity contribution >= 4 is 18.0 Å². The van der Waals surface area contributed by atoms with Crippen LogP contribution >= 0.6 is 11.9 Å². The molecule has 3 nitrogen and oxygen atoms in total. The first kappa shape index (κ1) is 9.40. The van der Waals surface area contributed by atoms with Gasteiger partial charge in [0.2, 0.25) is 0 Å². The van der Waals surface area contributed by atoms with Crippen LogP contribution in [0.1, 0.15) is 12.5 Å². The molecule has 1 amide bonds. The second kappa shape index (κ2) is 3.92. The molecule has 0 radical (unpaired) electrons. The Kier molecular flexibility index (Phi) is 2.63. The van der Waals surface area contributed by atoms with Crippen LogP contribution in [0.15, 0.2) is 29.2 Å². The van der Waals surface area contributed by atoms with Crippen molar-refractivity contribution in [3.8, 4) is 0 Å². The fourth-order valence-corrected chi connectivity index (χ4v) is 2.28. The lowest BCUT2D eigenvalue weighted by Crippen LogP contribution is -2.21. The van der Waals surface area contributed by atoms with Gasteiger partial charge in [0.1, 0.15) is 0 Å². The molecule has 0 saturated heterocycles. The van der Waals surface area contributed by atoms with Crippen molar-refractivity contribution in [2.45, 2.75) is 18.4 Å². The molecule has 0 atom stereocenters. The minimum Gasteiger partial charge on any atom is -0.449 e. The van der Waals surface area contributed by atoms with Crippen molar-refractivity contribution in [2.75, 3.05) is 6.61 Å². The lowest BCUT2D eigenvalue weighted by Gasteiger charge is -2.12. The average molecular weight is 209 g/mol. The van der Waals surface area contributed by atoms with E-state index in [1.165, 1.54) is 17.5 Å². The molecular weight excluding hydrogens is 198 g/mol. The topological polar surface area (TPSA) is 29.5 Å². The average Bonchev–Trinajstić information content (AvgIpc) is 2.61. The SMILES string of the molecule is CCOC(=O)N1Cc2ccccc2S1. The first-order valence-corrected chi connectivity index (χ1v) is 5.28. The van der Waals surface area contributed by atoms with Gasteiger partial charge in [0.15, 0.2) is 0 Å². The summed E-state index contributed by atoms with van der Waals surface area (Å²) >= 11 is 1.44. The molecule has 1 aliphatic heterocycles. The zero-order valence-electron chi connectivity index (χ0n) is 7.90. The van der Waals surface area contributed by atoms with Gasteiger partial charge >= 0.3 is 6.09 Å². The van der Waals surface area contributed by atoms with Gasteiger partial charge in [0.05, 0.1) is 13.2 Å². The number of nitrogens with zero attached hydrogens (tertiary/aromatic N) is 1. The Bertz CT molecular complexity index is 329. The summed E-state index contributed by atoms with van der Waals surface area (Å²) < 4.78 is 6.56. The van der Waals surface area contributed by atoms with Crippen LogP contribution in [0.3, 0.4) is 0 Å². The Balaban J connectivity index is 2.08. The summed E-state index contributed by atoms with van der Waals surface area (Å²) in [5, 5.41) is 0. The van der Waals surface area contributed by atoms with Gasteiger partial charge in [-0.05, 0) is 30.5 Å². The van der Waals surface area contributed by atoms with E-state index in [4.69, 9.17) is 4.74 Å². The smallest absolute Gasteiger partial charge is 0.420 e. The number of hydrogen-bond acceptors (Lipinski definition) is 3. The first-order chi connectivity index (χ1) is 6.81. The largest absolute Gasteiger partial charge is 0.449 e. The number of hydrogen-bond donors (Lipinski definition) is 0. The second-order valence-electron chi connectivity index (χ2n) is 2.93. The van der Waals surface area contributed by atoms with Crippen LogP contribution in [0.4, 0.5) is 4.79 Å². The molecule has 0 bridgehead atoms. The highest BCUT2D eigenvalue weighted by Gasteiger charge is 2.24. The third-order valence-electron chi connectivity index (χ3n) is 1.97. The zero-order valence-corrected chi connectivity index (χ0v) is 8.71. The van der Waals surface area contributed by atoms with E-state index in [0.29, 0.717) is 13.2 Å². The third-order valence-corrected chi connectivity index (χ3v) is 3.06. The molecule has 1 heterocycles. The van der Waals surface area contributed by atoms with E-state index in [1.54, 1.807) is 4.31 Å². The molecule has 0 fully saturated rings. The summed E-state index contributed by atoms with van der Waals surface area (Å²) in [6.45, 7) is 2.87. The number of benzene rings is 1. The first-order valence-electron chi connectivity index (χ1n) is 4.51. The predicted molar refractivity (Wildman–Crippen MR) is 54.9 cm³/mol. The second-order valence-corrected chi connectivity index (χ2v) is 4.00. The molecule has 74 valence electrons. The normalized spacial score (nSPS) is 13.9. The van der Waals surface area contributed by atoms with E-state index in [1.807, 2.05) is 31.2 Å². The van der Waals surface area contributed by atoms with Crippen LogP contribution in [-0.4, -0.2) is 17.0 Å². The molecule has 0 aromatic heterocycles. The van der Waals surface area contributed by atoms with Gasteiger partial charge in [-0.15, -0.1) is 0 Å². The minimum absolute atomic E-state index is 0.256. The Morgan fingerprint density at radius 2 is 2.36 bits per heavy atom. The molecule has 0 saturated carbocycles. The Hall–Kier alpha value is -1.16. The van der Waals surface area contributed by atoms with Crippen molar-refractivity contribution in [1.29, 1.82) is 0 Å². The molecular formula is C10H11NO2S. The van der Waals surface area contributed by atoms with E-state index in [-0.39, 0.29) is 6.09 Å². The van der Waals surface area contributed by atoms with Gasteiger partial charge in [0, 0.05) is 4.90 Å². The molecule has 14 heavy (non-hydrogen) atoms. The van der Waals surface area contributed by atoms with E-state index < -0.39 is 0 Å². The number of ether oxygens (including phenoxy) is 1. The van der Waals surface area contributed by atoms with E-state index >= 15 is 0 Å². The van der Waals surface area contributed by atoms with Crippen molar-refractivity contribution in [2.24, 2.45) is 0 Å². The summed E-state index contributed by atoms with van der Waals surface area (Å²) in [7, 11) is 0. The van der Waals surface area contributed by atoms with Gasteiger partial charge in [-0.1, -0.05) is 18.2 Å². The highest BCUT2D eigenvalue weighted by atomic mass is 32.2. The van der Waals surface area contributed by atoms with Crippen LogP contribution in [0.2, 0.25) is 0 Å². The quantitative estimate of drug-likeness (QED) is 0.666. The van der Waals surface area contributed by atoms with Crippen molar-refractivity contribution < 1.29 is 9.53 Å². The molecule has 2 rings (SSSR count). The monoisotopic (exact) mass is 209 g/mol. The fraction of sp³-hybridized carbons (Fsp3) is 0.300. The standard InChI is InChI=1S/C10H11NO2S/c1-2-13-10(12)11-7-8-5-3-4-6-9(8)14-11/h3-6H,2,7H2,1H3. The van der Waals surface area contributed by atoms with Crippen LogP contribution in [0.25, 0.3) is 0 Å². The molecule has 1 aromatic carbocycles. The van der Waals surface area contributed by atoms with Crippen molar-refractivity contribution in [3.05, 3.63) is 29.8 Å². The Labute approximate surface area is 87.2 Å². The van der Waals surface area contributed by atoms with Crippen LogP contribution in [-0.2, 0) is 11.3 Å². The van der Waals surface area contributed by atoms with Gasteiger partial charge in [0.25, 0.3) is 0 Å². The molecule has 0 unspecified atom stereocenters. The highest BCUT2D eigenvalue weighted by molar-refractivity contribution is 7.97. The Morgan fingerprint density at radius 1 is 1.57 bits per heavy atom. The number of fused-ring (bicyclic) bond motifs is 1. The number of rotatable bonds is 1. The molecule has 0 spiro atoms. The lowest BCUT2D eigenvalue weighted by molar-refractivity contribution is 0.133. The predicted octanol–water partition coefficient (Wildman–Crippen LogP) is 2.67. The summed E-state index contributed by atoms with van der Waals surface area (Å²) in [6.07, 6.45) is -0.256. The maximum absolute atomic E-state index is 11.4. The highest BCUT2D eigenvalue weighted by Crippen LogP contribution is 2.35. The molecule has 1 aromatic rings. The Morgan fingerprint density at radius 3 is 3.07 bits per heavy atom. The molecule has 0 aliphatic carbocycles. The lowest BCUT2D eigenvalue weighted by atomic mass is 10.2. The van der Waals surface area contributed by atoms with Crippen LogP contribution in [0.5, 0.6) is 0 Å². The maximum atomic E-state index is 11.4. The summed E-state index contributed by atoms with van der Waals surface area (Å²) in [4.78, 5) is 12.5. The van der Waals surface area contributed by atoms with E-state index in [9.17, 15) is 4.79 Å². The summed E-state index contributed by atoms with van der Waals surface area (Å²) in [5.74, 6) is 0. The summed E-state index contributed by atoms with van der Waals surface area (Å²) in [6, 6.07) is 8.00. The van der Waals surface area contributed by atoms with E-state index in [2.05, 4.69) is 0 Å². The van der Waals surface area contributed by atoms with Crippen molar-refractivity contribution in [3.63, 3.8) is 0 Å².